The molecule has 2 saturated heterocycles. The number of benzene rings is 3. The Morgan fingerprint density at radius 1 is 1.00 bits per heavy atom. The number of nitro groups is 1. The van der Waals surface area contributed by atoms with Crippen LogP contribution in [0, 0.1) is 27.9 Å². The molecule has 1 spiro atoms. The van der Waals surface area contributed by atoms with E-state index in [1.807, 2.05) is 38.1 Å². The van der Waals surface area contributed by atoms with Crippen LogP contribution < -0.4 is 20.5 Å². The highest BCUT2D eigenvalue weighted by atomic mass is 16.6. The molecule has 0 bridgehead atoms. The predicted molar refractivity (Wildman–Crippen MR) is 149 cm³/mol. The van der Waals surface area contributed by atoms with E-state index >= 15 is 0 Å². The summed E-state index contributed by atoms with van der Waals surface area (Å²) in [6.45, 7) is 3.95. The molecule has 2 unspecified atom stereocenters. The highest BCUT2D eigenvalue weighted by Crippen LogP contribution is 2.57. The molecule has 7 rings (SSSR count). The van der Waals surface area contributed by atoms with E-state index in [0.29, 0.717) is 28.0 Å². The lowest BCUT2D eigenvalue weighted by atomic mass is 9.75. The van der Waals surface area contributed by atoms with Crippen LogP contribution in [0.2, 0.25) is 0 Å². The summed E-state index contributed by atoms with van der Waals surface area (Å²) in [7, 11) is 1.33. The van der Waals surface area contributed by atoms with Crippen molar-refractivity contribution >= 4 is 34.1 Å². The van der Waals surface area contributed by atoms with Gasteiger partial charge in [-0.15, -0.1) is 0 Å². The van der Waals surface area contributed by atoms with Crippen LogP contribution in [0.4, 0.5) is 11.4 Å². The first-order chi connectivity index (χ1) is 19.7. The number of fused-ring (bicyclic) bond motifs is 8. The van der Waals surface area contributed by atoms with E-state index in [1.54, 1.807) is 28.8 Å². The van der Waals surface area contributed by atoms with E-state index in [9.17, 15) is 24.5 Å². The maximum absolute atomic E-state index is 14.5. The number of hydrogen-bond donors (Lipinski definition) is 1. The molecule has 41 heavy (non-hydrogen) atoms. The molecule has 0 saturated carbocycles. The predicted octanol–water partition coefficient (Wildman–Crippen LogP) is 3.29. The number of ether oxygens (including phenoxy) is 1. The second kappa shape index (κ2) is 8.55. The van der Waals surface area contributed by atoms with Crippen molar-refractivity contribution in [3.63, 3.8) is 0 Å². The molecule has 4 heterocycles. The maximum Gasteiger partial charge on any atom is 0.273 e. The summed E-state index contributed by atoms with van der Waals surface area (Å²) in [6.07, 6.45) is 0. The SMILES string of the molecule is COc1cc([N+](=O)[O-])ccc1N1C(=O)[C@H]2C(C(C)C)NC3(c4ccccc4-n4c3nc3ccccc3c4=O)[C@H]2C1=O. The average molecular weight is 552 g/mol. The van der Waals surface area contributed by atoms with Crippen LogP contribution >= 0.6 is 0 Å². The summed E-state index contributed by atoms with van der Waals surface area (Å²) < 4.78 is 6.96. The lowest BCUT2D eigenvalue weighted by Crippen LogP contribution is -2.51. The molecule has 2 fully saturated rings. The number of non-ortho nitro benzene ring substituents is 1. The number of aromatic nitrogens is 2. The topological polar surface area (TPSA) is 137 Å². The molecule has 4 atom stereocenters. The van der Waals surface area contributed by atoms with Crippen LogP contribution in [0.15, 0.2) is 71.5 Å². The van der Waals surface area contributed by atoms with Gasteiger partial charge in [0, 0.05) is 17.7 Å². The zero-order chi connectivity index (χ0) is 28.8. The second-order valence-electron chi connectivity index (χ2n) is 11.0. The third kappa shape index (κ3) is 3.12. The van der Waals surface area contributed by atoms with E-state index in [0.717, 1.165) is 4.90 Å². The number of rotatable bonds is 4. The number of hydrogen-bond acceptors (Lipinski definition) is 8. The van der Waals surface area contributed by atoms with Gasteiger partial charge in [0.25, 0.3) is 11.2 Å². The first-order valence-electron chi connectivity index (χ1n) is 13.3. The lowest BCUT2D eigenvalue weighted by molar-refractivity contribution is -0.384. The van der Waals surface area contributed by atoms with Gasteiger partial charge in [-0.1, -0.05) is 44.2 Å². The Bertz CT molecular complexity index is 1880. The van der Waals surface area contributed by atoms with Gasteiger partial charge in [-0.25, -0.2) is 9.88 Å². The molecule has 11 nitrogen and oxygen atoms in total. The quantitative estimate of drug-likeness (QED) is 0.232. The van der Waals surface area contributed by atoms with E-state index in [1.165, 1.54) is 25.3 Å². The summed E-state index contributed by atoms with van der Waals surface area (Å²) in [4.78, 5) is 59.5. The number of carbonyl (C=O) groups excluding carboxylic acids is 2. The number of nitrogens with zero attached hydrogens (tertiary/aromatic N) is 4. The molecule has 0 radical (unpaired) electrons. The summed E-state index contributed by atoms with van der Waals surface area (Å²) in [5, 5.41) is 15.5. The molecule has 11 heteroatoms. The minimum Gasteiger partial charge on any atom is -0.494 e. The summed E-state index contributed by atoms with van der Waals surface area (Å²) in [6, 6.07) is 17.8. The Morgan fingerprint density at radius 2 is 1.73 bits per heavy atom. The van der Waals surface area contributed by atoms with Gasteiger partial charge in [0.1, 0.15) is 17.1 Å². The van der Waals surface area contributed by atoms with Crippen molar-refractivity contribution in [3.05, 3.63) is 98.6 Å². The summed E-state index contributed by atoms with van der Waals surface area (Å²) in [5.41, 5.74) is 0.173. The standard InChI is InChI=1S/C30H25N5O6/c1-15(2)25-23-24(28(38)33(27(23)37)21-13-12-16(35(39)40)14-22(21)41-3)30(32-25)18-9-5-7-11-20(18)34-26(36)17-8-4-6-10-19(17)31-29(30)34/h4-15,23-25,32H,1-3H3/t23-,24-,25?,30?/m1/s1. The number of amides is 2. The van der Waals surface area contributed by atoms with Gasteiger partial charge >= 0.3 is 0 Å². The van der Waals surface area contributed by atoms with Gasteiger partial charge in [-0.3, -0.25) is 34.4 Å². The van der Waals surface area contributed by atoms with Crippen molar-refractivity contribution in [2.24, 2.45) is 17.8 Å². The average Bonchev–Trinajstić information content (AvgIpc) is 3.56. The molecule has 1 aromatic heterocycles. The van der Waals surface area contributed by atoms with Crippen LogP contribution in [-0.2, 0) is 15.1 Å². The fraction of sp³-hybridized carbons (Fsp3) is 0.267. The fourth-order valence-electron chi connectivity index (χ4n) is 6.93. The largest absolute Gasteiger partial charge is 0.494 e. The molecule has 3 aliphatic rings. The van der Waals surface area contributed by atoms with Crippen molar-refractivity contribution in [1.29, 1.82) is 0 Å². The zero-order valence-electron chi connectivity index (χ0n) is 22.4. The highest BCUT2D eigenvalue weighted by molar-refractivity contribution is 6.24. The lowest BCUT2D eigenvalue weighted by Gasteiger charge is -2.32. The summed E-state index contributed by atoms with van der Waals surface area (Å²) >= 11 is 0. The first-order valence-corrected chi connectivity index (χ1v) is 13.3. The third-order valence-corrected chi connectivity index (χ3v) is 8.63. The number of nitrogens with one attached hydrogen (secondary N) is 1. The zero-order valence-corrected chi connectivity index (χ0v) is 22.4. The number of methoxy groups -OCH3 is 1. The third-order valence-electron chi connectivity index (χ3n) is 8.63. The Hall–Kier alpha value is -4.90. The van der Waals surface area contributed by atoms with Gasteiger partial charge in [-0.05, 0) is 30.2 Å². The fourth-order valence-corrected chi connectivity index (χ4v) is 6.93. The summed E-state index contributed by atoms with van der Waals surface area (Å²) in [5.74, 6) is -2.32. The number of carbonyl (C=O) groups is 2. The minimum atomic E-state index is -1.27. The van der Waals surface area contributed by atoms with Crippen LogP contribution in [0.5, 0.6) is 5.75 Å². The van der Waals surface area contributed by atoms with Gasteiger partial charge in [0.05, 0.1) is 52.2 Å². The maximum atomic E-state index is 14.5. The number of para-hydroxylation sites is 2. The van der Waals surface area contributed by atoms with Gasteiger partial charge < -0.3 is 4.74 Å². The van der Waals surface area contributed by atoms with Crippen molar-refractivity contribution in [2.75, 3.05) is 12.0 Å². The molecule has 1 N–H and O–H groups in total. The molecule has 2 amide bonds. The van der Waals surface area contributed by atoms with Crippen molar-refractivity contribution in [2.45, 2.75) is 25.4 Å². The van der Waals surface area contributed by atoms with Crippen LogP contribution in [0.25, 0.3) is 16.6 Å². The van der Waals surface area contributed by atoms with Gasteiger partial charge in [0.15, 0.2) is 0 Å². The first kappa shape index (κ1) is 25.1. The second-order valence-corrected chi connectivity index (χ2v) is 11.0. The molecule has 0 aliphatic carbocycles. The van der Waals surface area contributed by atoms with Crippen LogP contribution in [-0.4, -0.2) is 39.4 Å². The van der Waals surface area contributed by atoms with E-state index < -0.39 is 40.2 Å². The Labute approximate surface area is 233 Å². The smallest absolute Gasteiger partial charge is 0.273 e. The Morgan fingerprint density at radius 3 is 2.46 bits per heavy atom. The van der Waals surface area contributed by atoms with E-state index in [2.05, 4.69) is 5.32 Å². The molecule has 3 aliphatic heterocycles. The van der Waals surface area contributed by atoms with Crippen LogP contribution in [0.1, 0.15) is 25.2 Å². The Kier molecular flexibility index (Phi) is 5.23. The highest BCUT2D eigenvalue weighted by Gasteiger charge is 2.70. The van der Waals surface area contributed by atoms with Gasteiger partial charge in [-0.2, -0.15) is 0 Å². The van der Waals surface area contributed by atoms with Crippen LogP contribution in [0.3, 0.4) is 0 Å². The monoisotopic (exact) mass is 551 g/mol. The van der Waals surface area contributed by atoms with E-state index in [4.69, 9.17) is 9.72 Å². The molecule has 4 aromatic rings. The number of imide groups is 1. The number of nitro benzene ring substituents is 1. The minimum absolute atomic E-state index is 0.0385. The molecular weight excluding hydrogens is 526 g/mol. The normalized spacial score (nSPS) is 24.3. The van der Waals surface area contributed by atoms with Gasteiger partial charge in [0.2, 0.25) is 11.8 Å². The Balaban J connectivity index is 1.50. The van der Waals surface area contributed by atoms with E-state index in [-0.39, 0.29) is 28.6 Å². The molecule has 3 aromatic carbocycles. The molecular formula is C30H25N5O6. The molecule has 206 valence electrons. The number of anilines is 1. The van der Waals surface area contributed by atoms with Crippen molar-refractivity contribution < 1.29 is 19.2 Å². The van der Waals surface area contributed by atoms with Crippen molar-refractivity contribution in [3.8, 4) is 11.4 Å². The van der Waals surface area contributed by atoms with Crippen molar-refractivity contribution in [1.82, 2.24) is 14.9 Å².